The zero-order valence-electron chi connectivity index (χ0n) is 23.3. The maximum atomic E-state index is 6.54. The average molecular weight is 463 g/mol. The SMILES string of the molecule is C=C(C)c1cccc(C(C)(CC(C)(C)C)OOC(C)(CC(C)(C)C)c2cccc(C(=C)C)c2)c1. The van der Waals surface area contributed by atoms with E-state index in [4.69, 9.17) is 9.78 Å². The van der Waals surface area contributed by atoms with Gasteiger partial charge in [0.1, 0.15) is 11.2 Å². The van der Waals surface area contributed by atoms with Gasteiger partial charge >= 0.3 is 0 Å². The summed E-state index contributed by atoms with van der Waals surface area (Å²) in [7, 11) is 0. The van der Waals surface area contributed by atoms with Gasteiger partial charge in [-0.3, -0.25) is 0 Å². The van der Waals surface area contributed by atoms with Gasteiger partial charge in [-0.15, -0.1) is 0 Å². The molecule has 34 heavy (non-hydrogen) atoms. The largest absolute Gasteiger partial charge is 0.225 e. The second-order valence-electron chi connectivity index (χ2n) is 12.8. The zero-order valence-corrected chi connectivity index (χ0v) is 23.3. The number of allylic oxidation sites excluding steroid dienone is 2. The molecule has 0 aliphatic carbocycles. The minimum Gasteiger partial charge on any atom is -0.225 e. The third-order valence-corrected chi connectivity index (χ3v) is 6.08. The van der Waals surface area contributed by atoms with Gasteiger partial charge in [0.15, 0.2) is 0 Å². The van der Waals surface area contributed by atoms with Crippen molar-refractivity contribution in [2.24, 2.45) is 10.8 Å². The second-order valence-corrected chi connectivity index (χ2v) is 12.8. The van der Waals surface area contributed by atoms with Gasteiger partial charge in [0.05, 0.1) is 0 Å². The third-order valence-electron chi connectivity index (χ3n) is 6.08. The Balaban J connectivity index is 2.53. The molecular formula is C32H46O2. The summed E-state index contributed by atoms with van der Waals surface area (Å²) in [6.45, 7) is 30.0. The Labute approximate surface area is 209 Å². The topological polar surface area (TPSA) is 18.5 Å². The van der Waals surface area contributed by atoms with Gasteiger partial charge in [-0.2, -0.15) is 0 Å². The van der Waals surface area contributed by atoms with Crippen LogP contribution in [0.3, 0.4) is 0 Å². The van der Waals surface area contributed by atoms with Crippen molar-refractivity contribution in [1.29, 1.82) is 0 Å². The monoisotopic (exact) mass is 462 g/mol. The summed E-state index contributed by atoms with van der Waals surface area (Å²) in [5.74, 6) is 0. The maximum absolute atomic E-state index is 6.54. The highest BCUT2D eigenvalue weighted by atomic mass is 17.2. The Bertz CT molecular complexity index is 934. The van der Waals surface area contributed by atoms with E-state index in [9.17, 15) is 0 Å². The maximum Gasteiger partial charge on any atom is 0.126 e. The molecule has 0 saturated carbocycles. The summed E-state index contributed by atoms with van der Waals surface area (Å²) in [6.07, 6.45) is 1.61. The van der Waals surface area contributed by atoms with Crippen LogP contribution in [0.25, 0.3) is 11.1 Å². The fraction of sp³-hybridized carbons (Fsp3) is 0.500. The van der Waals surface area contributed by atoms with Crippen molar-refractivity contribution < 1.29 is 9.78 Å². The molecule has 0 N–H and O–H groups in total. The molecule has 2 heteroatoms. The molecule has 2 atom stereocenters. The van der Waals surface area contributed by atoms with Gasteiger partial charge in [-0.05, 0) is 85.8 Å². The molecule has 0 amide bonds. The number of hydrogen-bond acceptors (Lipinski definition) is 2. The lowest BCUT2D eigenvalue weighted by Gasteiger charge is -2.41. The van der Waals surface area contributed by atoms with E-state index in [1.807, 2.05) is 13.8 Å². The molecule has 0 aliphatic heterocycles. The fourth-order valence-electron chi connectivity index (χ4n) is 4.79. The van der Waals surface area contributed by atoms with Gasteiger partial charge in [-0.25, -0.2) is 9.78 Å². The van der Waals surface area contributed by atoms with E-state index >= 15 is 0 Å². The Kier molecular flexibility index (Phi) is 8.44. The molecule has 0 aliphatic rings. The van der Waals surface area contributed by atoms with Gasteiger partial charge in [0.2, 0.25) is 0 Å². The van der Waals surface area contributed by atoms with E-state index in [0.717, 1.165) is 46.2 Å². The molecule has 2 rings (SSSR count). The predicted octanol–water partition coefficient (Wildman–Crippen LogP) is 9.70. The third kappa shape index (κ3) is 7.68. The molecule has 2 nitrogen and oxygen atoms in total. The van der Waals surface area contributed by atoms with E-state index in [2.05, 4.69) is 117 Å². The van der Waals surface area contributed by atoms with E-state index < -0.39 is 11.2 Å². The highest BCUT2D eigenvalue weighted by Gasteiger charge is 2.40. The van der Waals surface area contributed by atoms with Crippen LogP contribution in [0.1, 0.15) is 104 Å². The van der Waals surface area contributed by atoms with Crippen molar-refractivity contribution in [3.05, 3.63) is 83.9 Å². The first-order chi connectivity index (χ1) is 15.4. The molecule has 0 radical (unpaired) electrons. The van der Waals surface area contributed by atoms with E-state index in [1.165, 1.54) is 0 Å². The van der Waals surface area contributed by atoms with Crippen LogP contribution in [0.2, 0.25) is 0 Å². The Morgan fingerprint density at radius 2 is 0.941 bits per heavy atom. The molecule has 2 aromatic carbocycles. The Hall–Kier alpha value is -2.16. The van der Waals surface area contributed by atoms with Crippen molar-refractivity contribution in [3.8, 4) is 0 Å². The molecule has 0 bridgehead atoms. The quantitative estimate of drug-likeness (QED) is 0.273. The average Bonchev–Trinajstić information content (AvgIpc) is 2.70. The van der Waals surface area contributed by atoms with Crippen molar-refractivity contribution in [3.63, 3.8) is 0 Å². The Morgan fingerprint density at radius 1 is 0.618 bits per heavy atom. The molecule has 0 fully saturated rings. The lowest BCUT2D eigenvalue weighted by Crippen LogP contribution is -2.38. The van der Waals surface area contributed by atoms with E-state index in [-0.39, 0.29) is 10.8 Å². The van der Waals surface area contributed by atoms with Crippen molar-refractivity contribution in [1.82, 2.24) is 0 Å². The zero-order chi connectivity index (χ0) is 25.9. The molecule has 0 heterocycles. The van der Waals surface area contributed by atoms with Crippen LogP contribution in [0.15, 0.2) is 61.7 Å². The molecule has 2 aromatic rings. The molecule has 2 unspecified atom stereocenters. The lowest BCUT2D eigenvalue weighted by molar-refractivity contribution is -0.424. The fourth-order valence-corrected chi connectivity index (χ4v) is 4.79. The van der Waals surface area contributed by atoms with E-state index in [0.29, 0.717) is 0 Å². The highest BCUT2D eigenvalue weighted by molar-refractivity contribution is 5.62. The minimum absolute atomic E-state index is 0.0393. The van der Waals surface area contributed by atoms with Crippen LogP contribution in [0.4, 0.5) is 0 Å². The van der Waals surface area contributed by atoms with Gasteiger partial charge in [0.25, 0.3) is 0 Å². The standard InChI is InChI=1S/C32H46O2/c1-23(2)25-15-13-17-27(19-25)31(11,21-29(5,6)7)33-34-32(12,22-30(8,9)10)28-18-14-16-26(20-28)24(3)4/h13-20H,1,3,21-22H2,2,4-12H3. The summed E-state index contributed by atoms with van der Waals surface area (Å²) in [6, 6.07) is 17.0. The van der Waals surface area contributed by atoms with Gasteiger partial charge in [0, 0.05) is 0 Å². The van der Waals surface area contributed by atoms with E-state index in [1.54, 1.807) is 0 Å². The predicted molar refractivity (Wildman–Crippen MR) is 147 cm³/mol. The molecule has 186 valence electrons. The smallest absolute Gasteiger partial charge is 0.126 e. The summed E-state index contributed by atoms with van der Waals surface area (Å²) in [4.78, 5) is 13.1. The van der Waals surface area contributed by atoms with Crippen LogP contribution in [0, 0.1) is 10.8 Å². The first kappa shape index (κ1) is 28.1. The summed E-state index contributed by atoms with van der Waals surface area (Å²) < 4.78 is 0. The van der Waals surface area contributed by atoms with Crippen molar-refractivity contribution >= 4 is 11.1 Å². The minimum atomic E-state index is -0.630. The summed E-state index contributed by atoms with van der Waals surface area (Å²) in [5, 5.41) is 0. The first-order valence-electron chi connectivity index (χ1n) is 12.3. The summed E-state index contributed by atoms with van der Waals surface area (Å²) in [5.41, 5.74) is 5.32. The van der Waals surface area contributed by atoms with Crippen LogP contribution >= 0.6 is 0 Å². The number of hydrogen-bond donors (Lipinski definition) is 0. The summed E-state index contributed by atoms with van der Waals surface area (Å²) >= 11 is 0. The number of rotatable bonds is 9. The van der Waals surface area contributed by atoms with Crippen molar-refractivity contribution in [2.75, 3.05) is 0 Å². The van der Waals surface area contributed by atoms with Crippen LogP contribution < -0.4 is 0 Å². The second kappa shape index (κ2) is 10.2. The normalized spacial score (nSPS) is 15.9. The first-order valence-corrected chi connectivity index (χ1v) is 12.3. The number of benzene rings is 2. The van der Waals surface area contributed by atoms with Crippen LogP contribution in [0.5, 0.6) is 0 Å². The Morgan fingerprint density at radius 3 is 1.21 bits per heavy atom. The molecule has 0 aromatic heterocycles. The van der Waals surface area contributed by atoms with Crippen LogP contribution in [-0.4, -0.2) is 0 Å². The van der Waals surface area contributed by atoms with Gasteiger partial charge < -0.3 is 0 Å². The molecule has 0 spiro atoms. The lowest BCUT2D eigenvalue weighted by atomic mass is 9.78. The molecular weight excluding hydrogens is 416 g/mol. The van der Waals surface area contributed by atoms with Gasteiger partial charge in [-0.1, -0.05) is 102 Å². The molecule has 0 saturated heterocycles. The van der Waals surface area contributed by atoms with Crippen molar-refractivity contribution in [2.45, 2.75) is 93.3 Å². The van der Waals surface area contributed by atoms with Crippen LogP contribution in [-0.2, 0) is 21.0 Å². The highest BCUT2D eigenvalue weighted by Crippen LogP contribution is 2.44.